The van der Waals surface area contributed by atoms with Crippen molar-refractivity contribution in [3.63, 3.8) is 0 Å². The van der Waals surface area contributed by atoms with Gasteiger partial charge in [0.1, 0.15) is 5.41 Å². The van der Waals surface area contributed by atoms with Gasteiger partial charge >= 0.3 is 0 Å². The fourth-order valence-electron chi connectivity index (χ4n) is 2.04. The number of hydrogen-bond acceptors (Lipinski definition) is 3. The van der Waals surface area contributed by atoms with Gasteiger partial charge in [-0.15, -0.1) is 0 Å². The van der Waals surface area contributed by atoms with Gasteiger partial charge in [-0.3, -0.25) is 4.79 Å². The zero-order valence-corrected chi connectivity index (χ0v) is 11.1. The van der Waals surface area contributed by atoms with E-state index in [1.54, 1.807) is 11.9 Å². The van der Waals surface area contributed by atoms with E-state index < -0.39 is 5.41 Å². The van der Waals surface area contributed by atoms with Gasteiger partial charge < -0.3 is 14.7 Å². The molecule has 1 heterocycles. The topological polar surface area (TPSA) is 49.8 Å². The molecule has 1 amide bonds. The van der Waals surface area contributed by atoms with E-state index in [4.69, 9.17) is 4.74 Å². The maximum atomic E-state index is 12.4. The number of aliphatic hydroxyl groups is 1. The second-order valence-electron chi connectivity index (χ2n) is 5.06. The summed E-state index contributed by atoms with van der Waals surface area (Å²) in [6, 6.07) is 5.90. The number of nitrogens with zero attached hydrogens (tertiary/aromatic N) is 1. The molecule has 4 heteroatoms. The van der Waals surface area contributed by atoms with Gasteiger partial charge in [0.2, 0.25) is 5.91 Å². The molecule has 1 aliphatic rings. The van der Waals surface area contributed by atoms with E-state index in [-0.39, 0.29) is 12.5 Å². The summed E-state index contributed by atoms with van der Waals surface area (Å²) >= 11 is 0. The highest BCUT2D eigenvalue weighted by Gasteiger charge is 2.47. The Kier molecular flexibility index (Phi) is 3.41. The second kappa shape index (κ2) is 4.71. The van der Waals surface area contributed by atoms with Crippen LogP contribution in [0, 0.1) is 19.3 Å². The molecule has 0 bridgehead atoms. The molecule has 1 fully saturated rings. The number of ether oxygens (including phenoxy) is 1. The molecule has 1 saturated heterocycles. The van der Waals surface area contributed by atoms with Gasteiger partial charge in [-0.1, -0.05) is 6.07 Å². The van der Waals surface area contributed by atoms with Crippen molar-refractivity contribution in [1.29, 1.82) is 0 Å². The standard InChI is InChI=1S/C14H19NO3/c1-10-4-5-12(6-11(10)2)15(3)13(17)14(7-16)8-18-9-14/h4-6,16H,7-9H2,1-3H3. The van der Waals surface area contributed by atoms with Gasteiger partial charge in [0, 0.05) is 12.7 Å². The summed E-state index contributed by atoms with van der Waals surface area (Å²) < 4.78 is 5.07. The van der Waals surface area contributed by atoms with Crippen molar-refractivity contribution in [2.75, 3.05) is 31.8 Å². The van der Waals surface area contributed by atoms with Crippen LogP contribution in [-0.2, 0) is 9.53 Å². The van der Waals surface area contributed by atoms with Gasteiger partial charge in [-0.25, -0.2) is 0 Å². The van der Waals surface area contributed by atoms with Crippen molar-refractivity contribution in [2.24, 2.45) is 5.41 Å². The molecule has 1 aromatic carbocycles. The summed E-state index contributed by atoms with van der Waals surface area (Å²) in [5.74, 6) is -0.0838. The van der Waals surface area contributed by atoms with Gasteiger partial charge in [-0.05, 0) is 37.1 Å². The van der Waals surface area contributed by atoms with E-state index >= 15 is 0 Å². The third kappa shape index (κ3) is 2.02. The lowest BCUT2D eigenvalue weighted by Crippen LogP contribution is -2.56. The summed E-state index contributed by atoms with van der Waals surface area (Å²) in [6.45, 7) is 4.50. The van der Waals surface area contributed by atoms with Crippen LogP contribution in [0.15, 0.2) is 18.2 Å². The third-order valence-corrected chi connectivity index (χ3v) is 3.70. The van der Waals surface area contributed by atoms with Gasteiger partial charge in [0.15, 0.2) is 0 Å². The Hall–Kier alpha value is -1.39. The van der Waals surface area contributed by atoms with Crippen molar-refractivity contribution in [1.82, 2.24) is 0 Å². The molecule has 2 rings (SSSR count). The molecular weight excluding hydrogens is 230 g/mol. The van der Waals surface area contributed by atoms with Crippen molar-refractivity contribution in [3.8, 4) is 0 Å². The van der Waals surface area contributed by atoms with E-state index in [0.29, 0.717) is 13.2 Å². The Morgan fingerprint density at radius 1 is 1.39 bits per heavy atom. The van der Waals surface area contributed by atoms with Crippen LogP contribution in [0.5, 0.6) is 0 Å². The average molecular weight is 249 g/mol. The van der Waals surface area contributed by atoms with Crippen LogP contribution < -0.4 is 4.90 Å². The smallest absolute Gasteiger partial charge is 0.239 e. The molecule has 0 atom stereocenters. The maximum absolute atomic E-state index is 12.4. The summed E-state index contributed by atoms with van der Waals surface area (Å²) in [4.78, 5) is 14.0. The highest BCUT2D eigenvalue weighted by molar-refractivity contribution is 5.98. The number of amides is 1. The summed E-state index contributed by atoms with van der Waals surface area (Å²) in [5.41, 5.74) is 2.45. The van der Waals surface area contributed by atoms with Crippen molar-refractivity contribution < 1.29 is 14.6 Å². The lowest BCUT2D eigenvalue weighted by molar-refractivity contribution is -0.166. The SMILES string of the molecule is Cc1ccc(N(C)C(=O)C2(CO)COC2)cc1C. The van der Waals surface area contributed by atoms with Crippen LogP contribution in [0.2, 0.25) is 0 Å². The molecule has 1 aromatic rings. The Labute approximate surface area is 107 Å². The first kappa shape index (κ1) is 13.1. The molecule has 1 N–H and O–H groups in total. The monoisotopic (exact) mass is 249 g/mol. The number of aliphatic hydroxyl groups excluding tert-OH is 1. The quantitative estimate of drug-likeness (QED) is 0.877. The van der Waals surface area contributed by atoms with Crippen LogP contribution in [0.25, 0.3) is 0 Å². The fourth-order valence-corrected chi connectivity index (χ4v) is 2.04. The van der Waals surface area contributed by atoms with E-state index in [0.717, 1.165) is 11.3 Å². The summed E-state index contributed by atoms with van der Waals surface area (Å²) in [5, 5.41) is 9.37. The second-order valence-corrected chi connectivity index (χ2v) is 5.06. The number of anilines is 1. The maximum Gasteiger partial charge on any atom is 0.239 e. The molecular formula is C14H19NO3. The van der Waals surface area contributed by atoms with Crippen molar-refractivity contribution in [3.05, 3.63) is 29.3 Å². The molecule has 0 unspecified atom stereocenters. The number of carbonyl (C=O) groups is 1. The molecule has 0 radical (unpaired) electrons. The molecule has 4 nitrogen and oxygen atoms in total. The number of benzene rings is 1. The van der Waals surface area contributed by atoms with Crippen molar-refractivity contribution >= 4 is 11.6 Å². The molecule has 1 aliphatic heterocycles. The van der Waals surface area contributed by atoms with Gasteiger partial charge in [0.05, 0.1) is 19.8 Å². The van der Waals surface area contributed by atoms with Crippen molar-refractivity contribution in [2.45, 2.75) is 13.8 Å². The predicted molar refractivity (Wildman–Crippen MR) is 69.7 cm³/mol. The minimum atomic E-state index is -0.743. The first-order valence-electron chi connectivity index (χ1n) is 6.04. The van der Waals surface area contributed by atoms with Crippen LogP contribution in [0.4, 0.5) is 5.69 Å². The molecule has 0 spiro atoms. The minimum Gasteiger partial charge on any atom is -0.395 e. The van der Waals surface area contributed by atoms with E-state index in [1.165, 1.54) is 5.56 Å². The summed E-state index contributed by atoms with van der Waals surface area (Å²) in [6.07, 6.45) is 0. The Bertz CT molecular complexity index is 461. The largest absolute Gasteiger partial charge is 0.395 e. The number of rotatable bonds is 3. The third-order valence-electron chi connectivity index (χ3n) is 3.70. The van der Waals surface area contributed by atoms with Crippen LogP contribution >= 0.6 is 0 Å². The zero-order valence-electron chi connectivity index (χ0n) is 11.1. The first-order chi connectivity index (χ1) is 8.50. The lowest BCUT2D eigenvalue weighted by atomic mass is 9.85. The predicted octanol–water partition coefficient (Wildman–Crippen LogP) is 1.28. The molecule has 0 aromatic heterocycles. The molecule has 0 saturated carbocycles. The first-order valence-corrected chi connectivity index (χ1v) is 6.04. The fraction of sp³-hybridized carbons (Fsp3) is 0.500. The van der Waals surface area contributed by atoms with Gasteiger partial charge in [-0.2, -0.15) is 0 Å². The molecule has 18 heavy (non-hydrogen) atoms. The van der Waals surface area contributed by atoms with Gasteiger partial charge in [0.25, 0.3) is 0 Å². The Balaban J connectivity index is 2.22. The molecule has 98 valence electrons. The van der Waals surface area contributed by atoms with E-state index in [1.807, 2.05) is 32.0 Å². The number of hydrogen-bond donors (Lipinski definition) is 1. The minimum absolute atomic E-state index is 0.0838. The van der Waals surface area contributed by atoms with Crippen LogP contribution in [0.3, 0.4) is 0 Å². The number of aryl methyl sites for hydroxylation is 2. The van der Waals surface area contributed by atoms with Crippen LogP contribution in [-0.4, -0.2) is 37.9 Å². The van der Waals surface area contributed by atoms with E-state index in [9.17, 15) is 9.90 Å². The molecule has 0 aliphatic carbocycles. The zero-order chi connectivity index (χ0) is 13.3. The Morgan fingerprint density at radius 3 is 2.50 bits per heavy atom. The average Bonchev–Trinajstić information content (AvgIpc) is 2.31. The number of carbonyl (C=O) groups excluding carboxylic acids is 1. The lowest BCUT2D eigenvalue weighted by Gasteiger charge is -2.40. The normalized spacial score (nSPS) is 17.1. The highest BCUT2D eigenvalue weighted by Crippen LogP contribution is 2.31. The van der Waals surface area contributed by atoms with E-state index in [2.05, 4.69) is 0 Å². The summed E-state index contributed by atoms with van der Waals surface area (Å²) in [7, 11) is 1.74. The highest BCUT2D eigenvalue weighted by atomic mass is 16.5. The Morgan fingerprint density at radius 2 is 2.06 bits per heavy atom. The van der Waals surface area contributed by atoms with Crippen LogP contribution in [0.1, 0.15) is 11.1 Å².